The van der Waals surface area contributed by atoms with E-state index in [1.807, 2.05) is 0 Å². The van der Waals surface area contributed by atoms with Gasteiger partial charge in [0.25, 0.3) is 11.4 Å². The number of aliphatic hydroxyl groups excluding tert-OH is 1. The van der Waals surface area contributed by atoms with E-state index in [1.54, 1.807) is 0 Å². The highest BCUT2D eigenvalue weighted by Crippen LogP contribution is 2.40. The van der Waals surface area contributed by atoms with Crippen LogP contribution in [-0.2, 0) is 9.53 Å². The number of para-hydroxylation sites is 2. The van der Waals surface area contributed by atoms with Crippen LogP contribution in [0.1, 0.15) is 28.4 Å². The van der Waals surface area contributed by atoms with Crippen molar-refractivity contribution in [2.24, 2.45) is 0 Å². The first kappa shape index (κ1) is 22.4. The number of ketones is 2. The lowest BCUT2D eigenvalue weighted by molar-refractivity contribution is -0.386. The predicted octanol–water partition coefficient (Wildman–Crippen LogP) is 2.07. The van der Waals surface area contributed by atoms with Crippen LogP contribution in [-0.4, -0.2) is 48.9 Å². The van der Waals surface area contributed by atoms with Gasteiger partial charge in [0.15, 0.2) is 17.5 Å². The van der Waals surface area contributed by atoms with Crippen LogP contribution in [0.15, 0.2) is 48.5 Å². The standard InChI is InChI=1S/C19H15ClN2O9/c20-14-9-19(26,17(25)11-6-2-4-8-13(11)22(29)30)18(31-14)16(24)15(23)10-5-1-3-7-12(10)21(27)28/h1-8,14-15,18,23,26H,9H2/t14-,15?,18+,19+/m0/s1. The topological polar surface area (TPSA) is 170 Å². The zero-order valence-corrected chi connectivity index (χ0v) is 16.3. The number of carbonyl (C=O) groups excluding carboxylic acids is 2. The average molecular weight is 451 g/mol. The third-order valence-corrected chi connectivity index (χ3v) is 5.14. The maximum Gasteiger partial charge on any atom is 0.280 e. The summed E-state index contributed by atoms with van der Waals surface area (Å²) >= 11 is 5.89. The highest BCUT2D eigenvalue weighted by molar-refractivity contribution is 6.21. The molecule has 1 aliphatic heterocycles. The summed E-state index contributed by atoms with van der Waals surface area (Å²) in [4.78, 5) is 46.8. The molecule has 0 amide bonds. The maximum absolute atomic E-state index is 13.1. The Balaban J connectivity index is 2.01. The molecule has 31 heavy (non-hydrogen) atoms. The fraction of sp³-hybridized carbons (Fsp3) is 0.263. The Morgan fingerprint density at radius 2 is 1.61 bits per heavy atom. The van der Waals surface area contributed by atoms with E-state index in [0.29, 0.717) is 0 Å². The molecule has 2 aromatic rings. The minimum absolute atomic E-state index is 0.375. The molecule has 0 aromatic heterocycles. The van der Waals surface area contributed by atoms with Gasteiger partial charge >= 0.3 is 0 Å². The molecule has 11 nitrogen and oxygen atoms in total. The first-order chi connectivity index (χ1) is 14.6. The first-order valence-corrected chi connectivity index (χ1v) is 9.26. The number of rotatable bonds is 7. The van der Waals surface area contributed by atoms with Crippen molar-refractivity contribution in [2.75, 3.05) is 0 Å². The molecule has 0 saturated carbocycles. The minimum Gasteiger partial charge on any atom is -0.380 e. The third-order valence-electron chi connectivity index (χ3n) is 4.88. The molecular formula is C19H15ClN2O9. The lowest BCUT2D eigenvalue weighted by Crippen LogP contribution is -2.51. The van der Waals surface area contributed by atoms with Crippen LogP contribution in [0.2, 0.25) is 0 Å². The Labute approximate surface area is 179 Å². The number of alkyl halides is 1. The molecule has 1 aliphatic rings. The quantitative estimate of drug-likeness (QED) is 0.277. The Morgan fingerprint density at radius 3 is 2.23 bits per heavy atom. The Kier molecular flexibility index (Phi) is 6.13. The van der Waals surface area contributed by atoms with Gasteiger partial charge in [-0.05, 0) is 12.1 Å². The van der Waals surface area contributed by atoms with Gasteiger partial charge < -0.3 is 14.9 Å². The largest absolute Gasteiger partial charge is 0.380 e. The SMILES string of the molecule is O=C(C(O)c1ccccc1[N+](=O)[O-])[C@H]1O[C@H](Cl)C[C@@]1(O)C(=O)c1ccccc1[N+](=O)[O-]. The maximum atomic E-state index is 13.1. The summed E-state index contributed by atoms with van der Waals surface area (Å²) in [5, 5.41) is 44.0. The average Bonchev–Trinajstić information content (AvgIpc) is 3.07. The van der Waals surface area contributed by atoms with Crippen molar-refractivity contribution < 1.29 is 34.4 Å². The van der Waals surface area contributed by atoms with Crippen molar-refractivity contribution in [1.82, 2.24) is 0 Å². The lowest BCUT2D eigenvalue weighted by atomic mass is 9.82. The summed E-state index contributed by atoms with van der Waals surface area (Å²) in [5.41, 5.74) is -5.99. The molecule has 1 saturated heterocycles. The van der Waals surface area contributed by atoms with Crippen molar-refractivity contribution in [1.29, 1.82) is 0 Å². The van der Waals surface area contributed by atoms with Crippen molar-refractivity contribution in [3.63, 3.8) is 0 Å². The fourth-order valence-electron chi connectivity index (χ4n) is 3.41. The van der Waals surface area contributed by atoms with Gasteiger partial charge in [-0.25, -0.2) is 0 Å². The molecule has 2 N–H and O–H groups in total. The van der Waals surface area contributed by atoms with E-state index in [0.717, 1.165) is 24.3 Å². The molecule has 2 aromatic carbocycles. The Bertz CT molecular complexity index is 1080. The van der Waals surface area contributed by atoms with Crippen LogP contribution < -0.4 is 0 Å². The normalized spacial score (nSPS) is 23.8. The van der Waals surface area contributed by atoms with E-state index in [1.165, 1.54) is 24.3 Å². The van der Waals surface area contributed by atoms with Crippen LogP contribution in [0.4, 0.5) is 11.4 Å². The highest BCUT2D eigenvalue weighted by Gasteiger charge is 2.58. The summed E-state index contributed by atoms with van der Waals surface area (Å²) in [6.07, 6.45) is -4.74. The van der Waals surface area contributed by atoms with Gasteiger partial charge in [0.2, 0.25) is 5.78 Å². The molecule has 1 heterocycles. The van der Waals surface area contributed by atoms with Gasteiger partial charge in [0.05, 0.1) is 21.0 Å². The number of hydrogen-bond donors (Lipinski definition) is 2. The third kappa shape index (κ3) is 4.03. The van der Waals surface area contributed by atoms with E-state index in [4.69, 9.17) is 16.3 Å². The minimum atomic E-state index is -2.64. The Hall–Kier alpha value is -3.25. The van der Waals surface area contributed by atoms with Gasteiger partial charge in [-0.3, -0.25) is 29.8 Å². The fourth-order valence-corrected chi connectivity index (χ4v) is 3.75. The van der Waals surface area contributed by atoms with Crippen LogP contribution in [0, 0.1) is 20.2 Å². The number of carbonyl (C=O) groups is 2. The summed E-state index contributed by atoms with van der Waals surface area (Å²) in [5.74, 6) is -2.46. The molecular weight excluding hydrogens is 436 g/mol. The zero-order valence-electron chi connectivity index (χ0n) is 15.6. The smallest absolute Gasteiger partial charge is 0.280 e. The second kappa shape index (κ2) is 8.47. The number of hydrogen-bond acceptors (Lipinski definition) is 9. The highest BCUT2D eigenvalue weighted by atomic mass is 35.5. The molecule has 1 unspecified atom stereocenters. The molecule has 0 radical (unpaired) electrons. The van der Waals surface area contributed by atoms with E-state index < -0.39 is 68.1 Å². The van der Waals surface area contributed by atoms with E-state index in [9.17, 15) is 40.0 Å². The molecule has 0 spiro atoms. The molecule has 4 atom stereocenters. The monoisotopic (exact) mass is 450 g/mol. The molecule has 3 rings (SSSR count). The van der Waals surface area contributed by atoms with E-state index >= 15 is 0 Å². The van der Waals surface area contributed by atoms with Crippen LogP contribution in [0.5, 0.6) is 0 Å². The predicted molar refractivity (Wildman–Crippen MR) is 105 cm³/mol. The number of nitro benzene ring substituents is 2. The van der Waals surface area contributed by atoms with Gasteiger partial charge in [0, 0.05) is 18.6 Å². The number of halogens is 1. The number of ether oxygens (including phenoxy) is 1. The van der Waals surface area contributed by atoms with Crippen molar-refractivity contribution >= 4 is 34.5 Å². The van der Waals surface area contributed by atoms with Crippen molar-refractivity contribution in [3.05, 3.63) is 79.9 Å². The lowest BCUT2D eigenvalue weighted by Gasteiger charge is -2.27. The van der Waals surface area contributed by atoms with Gasteiger partial charge in [-0.1, -0.05) is 35.9 Å². The second-order valence-corrected chi connectivity index (χ2v) is 7.27. The number of Topliss-reactive ketones (excluding diaryl/α,β-unsaturated/α-hetero) is 2. The van der Waals surface area contributed by atoms with Crippen LogP contribution >= 0.6 is 11.6 Å². The van der Waals surface area contributed by atoms with Crippen LogP contribution in [0.3, 0.4) is 0 Å². The summed E-state index contributed by atoms with van der Waals surface area (Å²) in [6, 6.07) is 9.67. The molecule has 0 aliphatic carbocycles. The van der Waals surface area contributed by atoms with Gasteiger partial charge in [-0.15, -0.1) is 0 Å². The van der Waals surface area contributed by atoms with Crippen LogP contribution in [0.25, 0.3) is 0 Å². The zero-order chi connectivity index (χ0) is 22.9. The molecule has 162 valence electrons. The van der Waals surface area contributed by atoms with E-state index in [-0.39, 0.29) is 5.56 Å². The van der Waals surface area contributed by atoms with Crippen molar-refractivity contribution in [3.8, 4) is 0 Å². The van der Waals surface area contributed by atoms with Crippen molar-refractivity contribution in [2.45, 2.75) is 29.8 Å². The first-order valence-electron chi connectivity index (χ1n) is 8.83. The number of benzene rings is 2. The molecule has 1 fully saturated rings. The summed E-state index contributed by atoms with van der Waals surface area (Å²) in [6.45, 7) is 0. The second-order valence-electron chi connectivity index (χ2n) is 6.78. The number of aliphatic hydroxyl groups is 2. The Morgan fingerprint density at radius 1 is 1.06 bits per heavy atom. The van der Waals surface area contributed by atoms with Gasteiger partial charge in [0.1, 0.15) is 11.7 Å². The van der Waals surface area contributed by atoms with Gasteiger partial charge in [-0.2, -0.15) is 0 Å². The summed E-state index contributed by atoms with van der Waals surface area (Å²) in [7, 11) is 0. The number of nitro groups is 2. The van der Waals surface area contributed by atoms with E-state index in [2.05, 4.69) is 0 Å². The number of nitrogens with zero attached hydrogens (tertiary/aromatic N) is 2. The summed E-state index contributed by atoms with van der Waals surface area (Å²) < 4.78 is 5.17. The molecule has 0 bridgehead atoms. The molecule has 12 heteroatoms.